The van der Waals surface area contributed by atoms with E-state index in [4.69, 9.17) is 4.74 Å². The van der Waals surface area contributed by atoms with Gasteiger partial charge in [-0.3, -0.25) is 0 Å². The summed E-state index contributed by atoms with van der Waals surface area (Å²) in [6.07, 6.45) is -4.98. The van der Waals surface area contributed by atoms with Crippen LogP contribution in [0, 0.1) is 6.07 Å². The van der Waals surface area contributed by atoms with E-state index in [1.54, 1.807) is 19.1 Å². The first-order valence-electron chi connectivity index (χ1n) is 5.93. The molecular weight excluding hydrogens is 269 g/mol. The molecule has 1 unspecified atom stereocenters. The fraction of sp³-hybridized carbons (Fsp3) is 0.200. The molecule has 2 rings (SSSR count). The van der Waals surface area contributed by atoms with Crippen LogP contribution >= 0.6 is 0 Å². The second-order valence-corrected chi connectivity index (χ2v) is 4.10. The van der Waals surface area contributed by atoms with E-state index in [2.05, 4.69) is 10.8 Å². The molecule has 0 aliphatic rings. The van der Waals surface area contributed by atoms with Gasteiger partial charge in [0.1, 0.15) is 17.6 Å². The van der Waals surface area contributed by atoms with Crippen molar-refractivity contribution in [1.82, 2.24) is 0 Å². The van der Waals surface area contributed by atoms with Gasteiger partial charge in [0.05, 0.1) is 0 Å². The lowest BCUT2D eigenvalue weighted by Gasteiger charge is -2.15. The second-order valence-electron chi connectivity index (χ2n) is 4.10. The Morgan fingerprint density at radius 3 is 2.30 bits per heavy atom. The number of hydrogen-bond acceptors (Lipinski definition) is 2. The summed E-state index contributed by atoms with van der Waals surface area (Å²) in [5.41, 5.74) is 0.747. The third-order valence-electron chi connectivity index (χ3n) is 2.57. The molecule has 0 aliphatic carbocycles. The van der Waals surface area contributed by atoms with Crippen LogP contribution in [0.5, 0.6) is 11.5 Å². The van der Waals surface area contributed by atoms with Crippen molar-refractivity contribution in [2.75, 3.05) is 0 Å². The van der Waals surface area contributed by atoms with Crippen molar-refractivity contribution in [1.29, 1.82) is 0 Å². The number of para-hydroxylation sites is 1. The lowest BCUT2D eigenvalue weighted by atomic mass is 10.1. The predicted octanol–water partition coefficient (Wildman–Crippen LogP) is 4.53. The Kier molecular flexibility index (Phi) is 4.17. The number of hydrogen-bond donors (Lipinski definition) is 0. The highest BCUT2D eigenvalue weighted by Gasteiger charge is 2.31. The molecule has 1 radical (unpaired) electrons. The number of benzene rings is 2. The molecule has 0 saturated carbocycles. The highest BCUT2D eigenvalue weighted by atomic mass is 19.4. The Balaban J connectivity index is 2.02. The number of ether oxygens (including phenoxy) is 2. The van der Waals surface area contributed by atoms with Crippen LogP contribution in [0.2, 0.25) is 0 Å². The molecule has 0 aromatic heterocycles. The monoisotopic (exact) mass is 281 g/mol. The van der Waals surface area contributed by atoms with Gasteiger partial charge in [-0.15, -0.1) is 13.2 Å². The van der Waals surface area contributed by atoms with E-state index in [1.807, 2.05) is 12.1 Å². The highest BCUT2D eigenvalue weighted by molar-refractivity contribution is 5.29. The minimum atomic E-state index is -4.68. The van der Waals surface area contributed by atoms with Gasteiger partial charge in [0, 0.05) is 6.07 Å². The van der Waals surface area contributed by atoms with Crippen LogP contribution < -0.4 is 9.47 Å². The van der Waals surface area contributed by atoms with Gasteiger partial charge in [-0.25, -0.2) is 0 Å². The predicted molar refractivity (Wildman–Crippen MR) is 67.4 cm³/mol. The maximum absolute atomic E-state index is 12.0. The van der Waals surface area contributed by atoms with Crippen LogP contribution in [-0.4, -0.2) is 6.36 Å². The molecule has 2 aromatic rings. The topological polar surface area (TPSA) is 18.5 Å². The molecule has 0 saturated heterocycles. The SMILES string of the molecule is CC(Oc1[c]cccc1)c1ccc(OC(F)(F)F)cc1. The van der Waals surface area contributed by atoms with E-state index in [0.717, 1.165) is 5.56 Å². The van der Waals surface area contributed by atoms with E-state index >= 15 is 0 Å². The summed E-state index contributed by atoms with van der Waals surface area (Å²) in [4.78, 5) is 0. The first-order valence-corrected chi connectivity index (χ1v) is 5.93. The highest BCUT2D eigenvalue weighted by Crippen LogP contribution is 2.26. The van der Waals surface area contributed by atoms with E-state index in [9.17, 15) is 13.2 Å². The van der Waals surface area contributed by atoms with Crippen LogP contribution in [0.1, 0.15) is 18.6 Å². The average Bonchev–Trinajstić information content (AvgIpc) is 2.39. The lowest BCUT2D eigenvalue weighted by Crippen LogP contribution is -2.17. The average molecular weight is 281 g/mol. The molecule has 0 N–H and O–H groups in total. The molecular formula is C15H12F3O2. The zero-order chi connectivity index (χ0) is 14.6. The van der Waals surface area contributed by atoms with Crippen molar-refractivity contribution in [3.8, 4) is 11.5 Å². The fourth-order valence-electron chi connectivity index (χ4n) is 1.65. The van der Waals surface area contributed by atoms with Gasteiger partial charge in [0.2, 0.25) is 0 Å². The number of rotatable bonds is 4. The van der Waals surface area contributed by atoms with Crippen LogP contribution in [0.3, 0.4) is 0 Å². The molecule has 20 heavy (non-hydrogen) atoms. The largest absolute Gasteiger partial charge is 0.573 e. The van der Waals surface area contributed by atoms with Crippen molar-refractivity contribution in [2.45, 2.75) is 19.4 Å². The summed E-state index contributed by atoms with van der Waals surface area (Å²) in [7, 11) is 0. The first kappa shape index (κ1) is 14.2. The summed E-state index contributed by atoms with van der Waals surface area (Å²) in [5.74, 6) is 0.329. The van der Waals surface area contributed by atoms with Crippen LogP contribution in [0.15, 0.2) is 48.5 Å². The second kappa shape index (κ2) is 5.86. The third-order valence-corrected chi connectivity index (χ3v) is 2.57. The molecule has 0 aliphatic heterocycles. The molecule has 2 nitrogen and oxygen atoms in total. The quantitative estimate of drug-likeness (QED) is 0.820. The van der Waals surface area contributed by atoms with Crippen molar-refractivity contribution in [3.63, 3.8) is 0 Å². The lowest BCUT2D eigenvalue weighted by molar-refractivity contribution is -0.274. The van der Waals surface area contributed by atoms with Crippen LogP contribution in [0.4, 0.5) is 13.2 Å². The first-order chi connectivity index (χ1) is 9.44. The molecule has 0 fully saturated rings. The zero-order valence-electron chi connectivity index (χ0n) is 10.6. The van der Waals surface area contributed by atoms with Crippen molar-refractivity contribution < 1.29 is 22.6 Å². The molecule has 0 spiro atoms. The third kappa shape index (κ3) is 4.19. The Morgan fingerprint density at radius 2 is 1.75 bits per heavy atom. The van der Waals surface area contributed by atoms with Gasteiger partial charge in [0.15, 0.2) is 0 Å². The molecule has 1 atom stereocenters. The maximum Gasteiger partial charge on any atom is 0.573 e. The number of halogens is 3. The van der Waals surface area contributed by atoms with Gasteiger partial charge in [-0.2, -0.15) is 0 Å². The minimum absolute atomic E-state index is 0.250. The van der Waals surface area contributed by atoms with Crippen molar-refractivity contribution in [3.05, 3.63) is 60.2 Å². The van der Waals surface area contributed by atoms with Gasteiger partial charge in [-0.05, 0) is 30.7 Å². The smallest absolute Gasteiger partial charge is 0.485 e. The molecule has 5 heteroatoms. The van der Waals surface area contributed by atoms with Crippen LogP contribution in [0.25, 0.3) is 0 Å². The van der Waals surface area contributed by atoms with Crippen molar-refractivity contribution >= 4 is 0 Å². The Labute approximate surface area is 114 Å². The van der Waals surface area contributed by atoms with Crippen molar-refractivity contribution in [2.24, 2.45) is 0 Å². The Morgan fingerprint density at radius 1 is 1.05 bits per heavy atom. The standard InChI is InChI=1S/C15H12F3O2/c1-11(19-13-5-3-2-4-6-13)12-7-9-14(10-8-12)20-15(16,17)18/h2-5,7-11H,1H3. The van der Waals surface area contributed by atoms with Gasteiger partial charge < -0.3 is 9.47 Å². The van der Waals surface area contributed by atoms with Gasteiger partial charge >= 0.3 is 6.36 Å². The van der Waals surface area contributed by atoms with Crippen LogP contribution in [-0.2, 0) is 0 Å². The van der Waals surface area contributed by atoms with Gasteiger partial charge in [-0.1, -0.05) is 30.3 Å². The van der Waals surface area contributed by atoms with E-state index < -0.39 is 6.36 Å². The minimum Gasteiger partial charge on any atom is -0.485 e. The van der Waals surface area contributed by atoms with E-state index in [-0.39, 0.29) is 11.9 Å². The van der Waals surface area contributed by atoms with E-state index in [0.29, 0.717) is 5.75 Å². The summed E-state index contributed by atoms with van der Waals surface area (Å²) in [5, 5.41) is 0. The van der Waals surface area contributed by atoms with E-state index in [1.165, 1.54) is 24.3 Å². The Hall–Kier alpha value is -2.17. The molecule has 0 bridgehead atoms. The van der Waals surface area contributed by atoms with Gasteiger partial charge in [0.25, 0.3) is 0 Å². The normalized spacial score (nSPS) is 12.8. The molecule has 0 amide bonds. The zero-order valence-corrected chi connectivity index (χ0v) is 10.6. The Bertz CT molecular complexity index is 535. The maximum atomic E-state index is 12.0. The molecule has 0 heterocycles. The summed E-state index contributed by atoms with van der Waals surface area (Å²) < 4.78 is 45.5. The number of alkyl halides is 3. The fourth-order valence-corrected chi connectivity index (χ4v) is 1.65. The summed E-state index contributed by atoms with van der Waals surface area (Å²) in [6.45, 7) is 1.81. The summed E-state index contributed by atoms with van der Waals surface area (Å²) in [6, 6.07) is 15.6. The molecule has 2 aromatic carbocycles. The summed E-state index contributed by atoms with van der Waals surface area (Å²) >= 11 is 0. The molecule has 105 valence electrons.